The van der Waals surface area contributed by atoms with Crippen molar-refractivity contribution in [2.75, 3.05) is 6.61 Å². The average Bonchev–Trinajstić information content (AvgIpc) is 2.34. The van der Waals surface area contributed by atoms with Crippen molar-refractivity contribution in [3.8, 4) is 0 Å². The third-order valence-corrected chi connectivity index (χ3v) is 4.91. The second kappa shape index (κ2) is 4.47. The van der Waals surface area contributed by atoms with E-state index in [1.807, 2.05) is 0 Å². The first kappa shape index (κ1) is 13.2. The van der Waals surface area contributed by atoms with Crippen LogP contribution in [0.15, 0.2) is 0 Å². The van der Waals surface area contributed by atoms with Crippen molar-refractivity contribution in [3.63, 3.8) is 0 Å². The first-order chi connectivity index (χ1) is 7.93. The fraction of sp³-hybridized carbons (Fsp3) is 1.00. The van der Waals surface area contributed by atoms with Gasteiger partial charge in [0.05, 0.1) is 12.2 Å². The lowest BCUT2D eigenvalue weighted by Gasteiger charge is -2.51. The molecule has 0 aromatic heterocycles. The normalized spacial score (nSPS) is 31.1. The molecule has 2 aliphatic rings. The molecule has 0 aromatic carbocycles. The molecule has 0 atom stereocenters. The second-order valence-electron chi connectivity index (χ2n) is 5.89. The predicted octanol–water partition coefficient (Wildman–Crippen LogP) is 2.87. The van der Waals surface area contributed by atoms with E-state index < -0.39 is 16.9 Å². The summed E-state index contributed by atoms with van der Waals surface area (Å²) in [5.41, 5.74) is -1.61. The maximum Gasteiger partial charge on any atom is 0.248 e. The summed E-state index contributed by atoms with van der Waals surface area (Å²) in [7, 11) is 0. The Hall–Kier alpha value is -0.220. The van der Waals surface area contributed by atoms with Crippen LogP contribution in [0.4, 0.5) is 8.78 Å². The molecule has 2 nitrogen and oxygen atoms in total. The SMILES string of the molecule is OCC1(C2(O)CCC(F)(F)CC2)CCCCC1. The van der Waals surface area contributed by atoms with Gasteiger partial charge in [0, 0.05) is 18.3 Å². The Balaban J connectivity index is 2.13. The second-order valence-corrected chi connectivity index (χ2v) is 5.89. The van der Waals surface area contributed by atoms with E-state index in [9.17, 15) is 19.0 Å². The monoisotopic (exact) mass is 248 g/mol. The van der Waals surface area contributed by atoms with Gasteiger partial charge in [-0.2, -0.15) is 0 Å². The molecule has 2 aliphatic carbocycles. The van der Waals surface area contributed by atoms with Gasteiger partial charge in [0.2, 0.25) is 5.92 Å². The fourth-order valence-electron chi connectivity index (χ4n) is 3.56. The molecule has 17 heavy (non-hydrogen) atoms. The molecule has 2 rings (SSSR count). The van der Waals surface area contributed by atoms with Crippen molar-refractivity contribution in [3.05, 3.63) is 0 Å². The van der Waals surface area contributed by atoms with E-state index in [1.165, 1.54) is 0 Å². The molecule has 0 radical (unpaired) electrons. The Bertz CT molecular complexity index is 263. The lowest BCUT2D eigenvalue weighted by Crippen LogP contribution is -2.54. The molecular formula is C13H22F2O2. The maximum absolute atomic E-state index is 13.2. The van der Waals surface area contributed by atoms with Crippen LogP contribution in [0.5, 0.6) is 0 Å². The summed E-state index contributed by atoms with van der Waals surface area (Å²) in [6.45, 7) is -0.0743. The van der Waals surface area contributed by atoms with Crippen molar-refractivity contribution in [1.82, 2.24) is 0 Å². The van der Waals surface area contributed by atoms with Crippen LogP contribution in [-0.4, -0.2) is 28.3 Å². The fourth-order valence-corrected chi connectivity index (χ4v) is 3.56. The van der Waals surface area contributed by atoms with E-state index in [1.54, 1.807) is 0 Å². The highest BCUT2D eigenvalue weighted by Gasteiger charge is 2.54. The summed E-state index contributed by atoms with van der Waals surface area (Å²) >= 11 is 0. The van der Waals surface area contributed by atoms with E-state index in [2.05, 4.69) is 0 Å². The molecule has 0 bridgehead atoms. The van der Waals surface area contributed by atoms with Crippen LogP contribution in [0.3, 0.4) is 0 Å². The molecule has 2 saturated carbocycles. The predicted molar refractivity (Wildman–Crippen MR) is 61.0 cm³/mol. The highest BCUT2D eigenvalue weighted by Crippen LogP contribution is 2.52. The van der Waals surface area contributed by atoms with Gasteiger partial charge in [-0.05, 0) is 25.7 Å². The largest absolute Gasteiger partial charge is 0.396 e. The molecule has 0 aliphatic heterocycles. The summed E-state index contributed by atoms with van der Waals surface area (Å²) in [6.07, 6.45) is 4.39. The zero-order valence-corrected chi connectivity index (χ0v) is 10.2. The molecule has 0 amide bonds. The van der Waals surface area contributed by atoms with Gasteiger partial charge in [-0.25, -0.2) is 8.78 Å². The molecule has 0 saturated heterocycles. The highest BCUT2D eigenvalue weighted by atomic mass is 19.3. The van der Waals surface area contributed by atoms with Crippen LogP contribution in [0, 0.1) is 5.41 Å². The van der Waals surface area contributed by atoms with Crippen LogP contribution in [0.1, 0.15) is 57.8 Å². The third kappa shape index (κ3) is 2.34. The van der Waals surface area contributed by atoms with Gasteiger partial charge in [-0.15, -0.1) is 0 Å². The molecule has 100 valence electrons. The van der Waals surface area contributed by atoms with E-state index in [-0.39, 0.29) is 32.3 Å². The number of alkyl halides is 2. The van der Waals surface area contributed by atoms with Gasteiger partial charge < -0.3 is 10.2 Å². The lowest BCUT2D eigenvalue weighted by molar-refractivity contribution is -0.181. The standard InChI is InChI=1S/C13H22F2O2/c14-13(15)8-6-12(17,7-9-13)11(10-16)4-2-1-3-5-11/h16-17H,1-10H2. The summed E-state index contributed by atoms with van der Waals surface area (Å²) in [4.78, 5) is 0. The molecule has 0 unspecified atom stereocenters. The number of aliphatic hydroxyl groups is 2. The Kier molecular flexibility index (Phi) is 3.47. The Morgan fingerprint density at radius 3 is 1.82 bits per heavy atom. The minimum atomic E-state index is -2.63. The van der Waals surface area contributed by atoms with Crippen molar-refractivity contribution in [2.24, 2.45) is 5.41 Å². The molecule has 2 N–H and O–H groups in total. The van der Waals surface area contributed by atoms with Crippen molar-refractivity contribution >= 4 is 0 Å². The Morgan fingerprint density at radius 1 is 0.824 bits per heavy atom. The quantitative estimate of drug-likeness (QED) is 0.789. The lowest BCUT2D eigenvalue weighted by atomic mass is 9.59. The van der Waals surface area contributed by atoms with Gasteiger partial charge in [0.1, 0.15) is 0 Å². The number of halogens is 2. The number of hydrogen-bond acceptors (Lipinski definition) is 2. The molecule has 2 fully saturated rings. The van der Waals surface area contributed by atoms with Gasteiger partial charge >= 0.3 is 0 Å². The van der Waals surface area contributed by atoms with Crippen molar-refractivity contribution < 1.29 is 19.0 Å². The maximum atomic E-state index is 13.2. The first-order valence-electron chi connectivity index (χ1n) is 6.64. The molecule has 0 spiro atoms. The van der Waals surface area contributed by atoms with Crippen LogP contribution >= 0.6 is 0 Å². The van der Waals surface area contributed by atoms with Gasteiger partial charge in [0.15, 0.2) is 0 Å². The first-order valence-corrected chi connectivity index (χ1v) is 6.64. The molecular weight excluding hydrogens is 226 g/mol. The van der Waals surface area contributed by atoms with Gasteiger partial charge in [-0.3, -0.25) is 0 Å². The smallest absolute Gasteiger partial charge is 0.248 e. The van der Waals surface area contributed by atoms with Crippen LogP contribution in [0.25, 0.3) is 0 Å². The molecule has 0 aromatic rings. The Labute approximate surface area is 101 Å². The minimum absolute atomic E-state index is 0.0743. The van der Waals surface area contributed by atoms with E-state index in [0.29, 0.717) is 0 Å². The zero-order valence-electron chi connectivity index (χ0n) is 10.2. The van der Waals surface area contributed by atoms with Gasteiger partial charge in [0.25, 0.3) is 0 Å². The van der Waals surface area contributed by atoms with Crippen molar-refractivity contribution in [1.29, 1.82) is 0 Å². The number of hydrogen-bond donors (Lipinski definition) is 2. The van der Waals surface area contributed by atoms with Crippen LogP contribution in [-0.2, 0) is 0 Å². The van der Waals surface area contributed by atoms with E-state index in [0.717, 1.165) is 32.1 Å². The molecule has 4 heteroatoms. The van der Waals surface area contributed by atoms with Crippen LogP contribution in [0.2, 0.25) is 0 Å². The zero-order chi connectivity index (χ0) is 12.6. The molecule has 0 heterocycles. The summed E-state index contributed by atoms with van der Waals surface area (Å²) < 4.78 is 26.3. The number of rotatable bonds is 2. The summed E-state index contributed by atoms with van der Waals surface area (Å²) in [6, 6.07) is 0. The van der Waals surface area contributed by atoms with Crippen molar-refractivity contribution in [2.45, 2.75) is 69.3 Å². The highest BCUT2D eigenvalue weighted by molar-refractivity contribution is 5.03. The average molecular weight is 248 g/mol. The van der Waals surface area contributed by atoms with E-state index in [4.69, 9.17) is 0 Å². The summed E-state index contributed by atoms with van der Waals surface area (Å²) in [5.74, 6) is -2.63. The minimum Gasteiger partial charge on any atom is -0.396 e. The third-order valence-electron chi connectivity index (χ3n) is 4.91. The van der Waals surface area contributed by atoms with Crippen LogP contribution < -0.4 is 0 Å². The topological polar surface area (TPSA) is 40.5 Å². The van der Waals surface area contributed by atoms with Gasteiger partial charge in [-0.1, -0.05) is 19.3 Å². The summed E-state index contributed by atoms with van der Waals surface area (Å²) in [5, 5.41) is 20.3. The number of aliphatic hydroxyl groups excluding tert-OH is 1. The van der Waals surface area contributed by atoms with E-state index >= 15 is 0 Å². The Morgan fingerprint density at radius 2 is 1.35 bits per heavy atom.